The fourth-order valence-electron chi connectivity index (χ4n) is 1.99. The largest absolute Gasteiger partial charge is 0.396 e. The van der Waals surface area contributed by atoms with Gasteiger partial charge in [-0.1, -0.05) is 13.8 Å². The van der Waals surface area contributed by atoms with E-state index in [-0.39, 0.29) is 0 Å². The summed E-state index contributed by atoms with van der Waals surface area (Å²) in [5.74, 6) is 0. The number of rotatable bonds is 5. The van der Waals surface area contributed by atoms with Gasteiger partial charge in [0.05, 0.1) is 0 Å². The smallest absolute Gasteiger partial charge is 0.0431 e. The Morgan fingerprint density at radius 1 is 1.46 bits per heavy atom. The van der Waals surface area contributed by atoms with E-state index in [2.05, 4.69) is 25.7 Å². The van der Waals surface area contributed by atoms with E-state index in [0.29, 0.717) is 12.0 Å². The highest BCUT2D eigenvalue weighted by Gasteiger charge is 2.29. The summed E-state index contributed by atoms with van der Waals surface area (Å²) < 4.78 is 0. The number of aliphatic hydroxyl groups is 1. The average molecular weight is 185 g/mol. The van der Waals surface area contributed by atoms with Crippen LogP contribution in [0.1, 0.15) is 40.0 Å². The maximum Gasteiger partial charge on any atom is 0.0431 e. The van der Waals surface area contributed by atoms with Crippen LogP contribution in [-0.4, -0.2) is 35.7 Å². The molecule has 0 bridgehead atoms. The molecule has 1 atom stereocenters. The molecule has 2 heteroatoms. The maximum absolute atomic E-state index is 8.77. The Morgan fingerprint density at radius 2 is 2.15 bits per heavy atom. The number of aliphatic hydroxyl groups excluding tert-OH is 1. The van der Waals surface area contributed by atoms with Crippen molar-refractivity contribution in [3.63, 3.8) is 0 Å². The molecule has 0 aromatic carbocycles. The van der Waals surface area contributed by atoms with Gasteiger partial charge in [-0.25, -0.2) is 0 Å². The third-order valence-electron chi connectivity index (χ3n) is 3.10. The predicted octanol–water partition coefficient (Wildman–Crippen LogP) is 1.88. The molecular weight excluding hydrogens is 162 g/mol. The van der Waals surface area contributed by atoms with Gasteiger partial charge < -0.3 is 10.0 Å². The van der Waals surface area contributed by atoms with Gasteiger partial charge in [-0.05, 0) is 38.1 Å². The fourth-order valence-corrected chi connectivity index (χ4v) is 1.99. The Kier molecular flexibility index (Phi) is 3.74. The summed E-state index contributed by atoms with van der Waals surface area (Å²) in [6.07, 6.45) is 3.43. The van der Waals surface area contributed by atoms with Gasteiger partial charge in [0.1, 0.15) is 0 Å². The van der Waals surface area contributed by atoms with Crippen LogP contribution in [0, 0.1) is 5.41 Å². The molecule has 1 fully saturated rings. The van der Waals surface area contributed by atoms with E-state index in [4.69, 9.17) is 5.11 Å². The Balaban J connectivity index is 2.24. The zero-order valence-electron chi connectivity index (χ0n) is 9.21. The second-order valence-electron chi connectivity index (χ2n) is 5.10. The number of nitrogens with zero attached hydrogens (tertiary/aromatic N) is 1. The Bertz CT molecular complexity index is 156. The van der Waals surface area contributed by atoms with Crippen LogP contribution in [0.25, 0.3) is 0 Å². The molecule has 0 aromatic rings. The van der Waals surface area contributed by atoms with Gasteiger partial charge in [0.15, 0.2) is 0 Å². The lowest BCUT2D eigenvalue weighted by Gasteiger charge is -2.43. The molecule has 1 N–H and O–H groups in total. The van der Waals surface area contributed by atoms with Crippen LogP contribution >= 0.6 is 0 Å². The quantitative estimate of drug-likeness (QED) is 0.707. The van der Waals surface area contributed by atoms with E-state index in [0.717, 1.165) is 18.9 Å². The number of hydrogen-bond donors (Lipinski definition) is 1. The van der Waals surface area contributed by atoms with Crippen molar-refractivity contribution >= 4 is 0 Å². The van der Waals surface area contributed by atoms with Gasteiger partial charge in [-0.15, -0.1) is 0 Å². The topological polar surface area (TPSA) is 23.5 Å². The van der Waals surface area contributed by atoms with Crippen molar-refractivity contribution in [2.45, 2.75) is 46.1 Å². The summed E-state index contributed by atoms with van der Waals surface area (Å²) in [6, 6.07) is 0.786. The van der Waals surface area contributed by atoms with Crippen LogP contribution in [0.3, 0.4) is 0 Å². The monoisotopic (exact) mass is 185 g/mol. The molecule has 0 amide bonds. The minimum absolute atomic E-state index is 0.332. The van der Waals surface area contributed by atoms with E-state index < -0.39 is 0 Å². The van der Waals surface area contributed by atoms with Crippen molar-refractivity contribution in [2.75, 3.05) is 19.7 Å². The fraction of sp³-hybridized carbons (Fsp3) is 1.00. The summed E-state index contributed by atoms with van der Waals surface area (Å²) in [5.41, 5.74) is 0.372. The highest BCUT2D eigenvalue weighted by Crippen LogP contribution is 2.28. The molecule has 1 rings (SSSR count). The summed E-state index contributed by atoms with van der Waals surface area (Å²) in [6.45, 7) is 9.68. The minimum atomic E-state index is 0.332. The van der Waals surface area contributed by atoms with Gasteiger partial charge >= 0.3 is 0 Å². The van der Waals surface area contributed by atoms with Crippen molar-refractivity contribution in [2.24, 2.45) is 5.41 Å². The highest BCUT2D eigenvalue weighted by atomic mass is 16.2. The van der Waals surface area contributed by atoms with Gasteiger partial charge in [0.2, 0.25) is 0 Å². The first-order valence-electron chi connectivity index (χ1n) is 5.40. The molecule has 0 aliphatic carbocycles. The summed E-state index contributed by atoms with van der Waals surface area (Å²) in [4.78, 5) is 2.54. The van der Waals surface area contributed by atoms with Crippen LogP contribution < -0.4 is 0 Å². The second-order valence-corrected chi connectivity index (χ2v) is 5.10. The van der Waals surface area contributed by atoms with Crippen LogP contribution in [0.15, 0.2) is 0 Å². The van der Waals surface area contributed by atoms with Gasteiger partial charge in [0.25, 0.3) is 0 Å². The van der Waals surface area contributed by atoms with E-state index in [1.807, 2.05) is 0 Å². The molecule has 78 valence electrons. The molecule has 2 nitrogen and oxygen atoms in total. The van der Waals surface area contributed by atoms with Gasteiger partial charge in [0, 0.05) is 19.2 Å². The zero-order chi connectivity index (χ0) is 9.90. The predicted molar refractivity (Wildman–Crippen MR) is 55.8 cm³/mol. The average Bonchev–Trinajstić information content (AvgIpc) is 2.09. The third kappa shape index (κ3) is 3.28. The van der Waals surface area contributed by atoms with Gasteiger partial charge in [-0.3, -0.25) is 0 Å². The minimum Gasteiger partial charge on any atom is -0.396 e. The second kappa shape index (κ2) is 4.43. The molecule has 0 aromatic heterocycles. The van der Waals surface area contributed by atoms with Crippen LogP contribution in [0.4, 0.5) is 0 Å². The van der Waals surface area contributed by atoms with Crippen molar-refractivity contribution in [1.29, 1.82) is 0 Å². The van der Waals surface area contributed by atoms with Crippen molar-refractivity contribution in [3.8, 4) is 0 Å². The lowest BCUT2D eigenvalue weighted by molar-refractivity contribution is 0.0528. The molecule has 1 heterocycles. The van der Waals surface area contributed by atoms with E-state index in [1.54, 1.807) is 0 Å². The Morgan fingerprint density at radius 3 is 2.54 bits per heavy atom. The molecule has 0 spiro atoms. The molecule has 1 unspecified atom stereocenters. The SMILES string of the molecule is CC1CCN1CC(C)(C)CCCO. The normalized spacial score (nSPS) is 24.5. The van der Waals surface area contributed by atoms with Gasteiger partial charge in [-0.2, -0.15) is 0 Å². The first-order valence-corrected chi connectivity index (χ1v) is 5.40. The first-order chi connectivity index (χ1) is 6.05. The summed E-state index contributed by atoms with van der Waals surface area (Å²) in [5, 5.41) is 8.77. The molecule has 0 radical (unpaired) electrons. The first kappa shape index (κ1) is 11.0. The summed E-state index contributed by atoms with van der Waals surface area (Å²) in [7, 11) is 0. The lowest BCUT2D eigenvalue weighted by Crippen LogP contribution is -2.49. The van der Waals surface area contributed by atoms with Crippen LogP contribution in [0.5, 0.6) is 0 Å². The van der Waals surface area contributed by atoms with Crippen LogP contribution in [0.2, 0.25) is 0 Å². The maximum atomic E-state index is 8.77. The van der Waals surface area contributed by atoms with Crippen molar-refractivity contribution in [3.05, 3.63) is 0 Å². The van der Waals surface area contributed by atoms with E-state index >= 15 is 0 Å². The van der Waals surface area contributed by atoms with E-state index in [9.17, 15) is 0 Å². The molecule has 1 aliphatic rings. The van der Waals surface area contributed by atoms with Crippen molar-refractivity contribution in [1.82, 2.24) is 4.90 Å². The van der Waals surface area contributed by atoms with E-state index in [1.165, 1.54) is 19.5 Å². The lowest BCUT2D eigenvalue weighted by atomic mass is 9.85. The molecule has 13 heavy (non-hydrogen) atoms. The highest BCUT2D eigenvalue weighted by molar-refractivity contribution is 4.83. The Hall–Kier alpha value is -0.0800. The van der Waals surface area contributed by atoms with Crippen molar-refractivity contribution < 1.29 is 5.11 Å². The zero-order valence-corrected chi connectivity index (χ0v) is 9.21. The number of likely N-dealkylation sites (tertiary alicyclic amines) is 1. The molecular formula is C11H23NO. The third-order valence-corrected chi connectivity index (χ3v) is 3.10. The van der Waals surface area contributed by atoms with Crippen LogP contribution in [-0.2, 0) is 0 Å². The molecule has 1 aliphatic heterocycles. The standard InChI is InChI=1S/C11H23NO/c1-10-5-7-12(10)9-11(2,3)6-4-8-13/h10,13H,4-9H2,1-3H3. The number of hydrogen-bond acceptors (Lipinski definition) is 2. The molecule has 1 saturated heterocycles. The summed E-state index contributed by atoms with van der Waals surface area (Å²) >= 11 is 0. The Labute approximate surface area is 81.9 Å². The molecule has 0 saturated carbocycles.